The summed E-state index contributed by atoms with van der Waals surface area (Å²) in [4.78, 5) is 11.5. The van der Waals surface area contributed by atoms with Gasteiger partial charge in [-0.1, -0.05) is 42.0 Å². The Kier molecular flexibility index (Phi) is 4.99. The third-order valence-corrected chi connectivity index (χ3v) is 3.45. The van der Waals surface area contributed by atoms with Crippen LogP contribution in [0.3, 0.4) is 0 Å². The molecule has 3 heteroatoms. The van der Waals surface area contributed by atoms with E-state index >= 15 is 0 Å². The van der Waals surface area contributed by atoms with Crippen molar-refractivity contribution in [1.82, 2.24) is 0 Å². The molecule has 2 aromatic rings. The number of aliphatic carboxylic acids is 1. The van der Waals surface area contributed by atoms with Crippen LogP contribution < -0.4 is 4.74 Å². The van der Waals surface area contributed by atoms with Gasteiger partial charge in [-0.15, -0.1) is 0 Å². The van der Waals surface area contributed by atoms with Gasteiger partial charge in [0.25, 0.3) is 0 Å². The molecule has 0 heterocycles. The molecule has 0 aliphatic rings. The maximum absolute atomic E-state index is 11.5. The van der Waals surface area contributed by atoms with Gasteiger partial charge in [-0.25, -0.2) is 0 Å². The summed E-state index contributed by atoms with van der Waals surface area (Å²) in [5.41, 5.74) is 2.96. The second-order valence-electron chi connectivity index (χ2n) is 5.08. The molecule has 2 rings (SSSR count). The molecular formula is C18H20O3. The molecule has 1 unspecified atom stereocenters. The molecule has 0 aromatic heterocycles. The highest BCUT2D eigenvalue weighted by Crippen LogP contribution is 2.23. The molecule has 0 fully saturated rings. The van der Waals surface area contributed by atoms with E-state index in [2.05, 4.69) is 0 Å². The van der Waals surface area contributed by atoms with Gasteiger partial charge in [0.2, 0.25) is 0 Å². The highest BCUT2D eigenvalue weighted by molar-refractivity contribution is 5.76. The van der Waals surface area contributed by atoms with Crippen molar-refractivity contribution in [2.45, 2.75) is 26.2 Å². The molecular weight excluding hydrogens is 264 g/mol. The van der Waals surface area contributed by atoms with Crippen molar-refractivity contribution in [3.8, 4) is 5.75 Å². The van der Waals surface area contributed by atoms with Crippen molar-refractivity contribution in [2.75, 3.05) is 6.61 Å². The largest absolute Gasteiger partial charge is 0.494 e. The molecule has 0 saturated heterocycles. The van der Waals surface area contributed by atoms with Gasteiger partial charge in [-0.05, 0) is 43.5 Å². The molecule has 3 nitrogen and oxygen atoms in total. The summed E-state index contributed by atoms with van der Waals surface area (Å²) >= 11 is 0. The first-order chi connectivity index (χ1) is 10.1. The van der Waals surface area contributed by atoms with Crippen LogP contribution in [0.1, 0.15) is 29.5 Å². The van der Waals surface area contributed by atoms with Gasteiger partial charge in [0, 0.05) is 0 Å². The van der Waals surface area contributed by atoms with Gasteiger partial charge in [0.1, 0.15) is 5.75 Å². The van der Waals surface area contributed by atoms with Crippen LogP contribution >= 0.6 is 0 Å². The van der Waals surface area contributed by atoms with Crippen molar-refractivity contribution in [3.05, 3.63) is 65.2 Å². The average Bonchev–Trinajstić information content (AvgIpc) is 2.47. The molecule has 0 saturated carbocycles. The van der Waals surface area contributed by atoms with Crippen LogP contribution in [0.4, 0.5) is 0 Å². The Morgan fingerprint density at radius 2 is 1.71 bits per heavy atom. The summed E-state index contributed by atoms with van der Waals surface area (Å²) in [6.45, 7) is 4.55. The molecule has 2 aromatic carbocycles. The Bertz CT molecular complexity index is 585. The van der Waals surface area contributed by atoms with Crippen LogP contribution in [0.25, 0.3) is 0 Å². The predicted octanol–water partition coefficient (Wildman–Crippen LogP) is 3.80. The normalized spacial score (nSPS) is 11.9. The summed E-state index contributed by atoms with van der Waals surface area (Å²) in [6, 6.07) is 15.3. The summed E-state index contributed by atoms with van der Waals surface area (Å²) in [7, 11) is 0. The van der Waals surface area contributed by atoms with Gasteiger partial charge >= 0.3 is 5.97 Å². The predicted molar refractivity (Wildman–Crippen MR) is 82.9 cm³/mol. The molecule has 21 heavy (non-hydrogen) atoms. The Hall–Kier alpha value is -2.29. The van der Waals surface area contributed by atoms with E-state index in [0.29, 0.717) is 13.0 Å². The van der Waals surface area contributed by atoms with E-state index < -0.39 is 11.9 Å². The van der Waals surface area contributed by atoms with Crippen LogP contribution in [-0.4, -0.2) is 17.7 Å². The number of rotatable bonds is 6. The van der Waals surface area contributed by atoms with Crippen LogP contribution in [0.2, 0.25) is 0 Å². The molecule has 110 valence electrons. The highest BCUT2D eigenvalue weighted by Gasteiger charge is 2.20. The average molecular weight is 284 g/mol. The number of carboxylic acids is 1. The molecule has 1 N–H and O–H groups in total. The van der Waals surface area contributed by atoms with E-state index in [0.717, 1.165) is 22.4 Å². The van der Waals surface area contributed by atoms with E-state index in [-0.39, 0.29) is 0 Å². The lowest BCUT2D eigenvalue weighted by Gasteiger charge is -2.13. The number of carboxylic acid groups (broad SMARTS) is 1. The molecule has 0 spiro atoms. The smallest absolute Gasteiger partial charge is 0.311 e. The van der Waals surface area contributed by atoms with E-state index in [1.807, 2.05) is 62.4 Å². The summed E-state index contributed by atoms with van der Waals surface area (Å²) in [5, 5.41) is 9.47. The Morgan fingerprint density at radius 1 is 1.10 bits per heavy atom. The third kappa shape index (κ3) is 4.09. The second kappa shape index (κ2) is 6.93. The van der Waals surface area contributed by atoms with Crippen LogP contribution in [0.15, 0.2) is 48.5 Å². The molecule has 0 aliphatic heterocycles. The van der Waals surface area contributed by atoms with Gasteiger partial charge in [0.15, 0.2) is 0 Å². The monoisotopic (exact) mass is 284 g/mol. The number of ether oxygens (including phenoxy) is 1. The van der Waals surface area contributed by atoms with Gasteiger partial charge in [0.05, 0.1) is 12.5 Å². The van der Waals surface area contributed by atoms with Gasteiger partial charge in [-0.3, -0.25) is 4.79 Å². The Morgan fingerprint density at radius 3 is 2.24 bits per heavy atom. The minimum absolute atomic E-state index is 0.477. The van der Waals surface area contributed by atoms with Crippen LogP contribution in [0, 0.1) is 6.92 Å². The van der Waals surface area contributed by atoms with Crippen molar-refractivity contribution >= 4 is 5.97 Å². The second-order valence-corrected chi connectivity index (χ2v) is 5.08. The summed E-state index contributed by atoms with van der Waals surface area (Å²) in [5.74, 6) is -0.514. The third-order valence-electron chi connectivity index (χ3n) is 3.45. The fourth-order valence-electron chi connectivity index (χ4n) is 2.27. The van der Waals surface area contributed by atoms with Crippen molar-refractivity contribution < 1.29 is 14.6 Å². The number of benzene rings is 2. The highest BCUT2D eigenvalue weighted by atomic mass is 16.5. The summed E-state index contributed by atoms with van der Waals surface area (Å²) in [6.07, 6.45) is 0.477. The zero-order chi connectivity index (χ0) is 15.2. The minimum Gasteiger partial charge on any atom is -0.494 e. The van der Waals surface area contributed by atoms with Gasteiger partial charge < -0.3 is 9.84 Å². The van der Waals surface area contributed by atoms with E-state index in [4.69, 9.17) is 4.74 Å². The topological polar surface area (TPSA) is 46.5 Å². The lowest BCUT2D eigenvalue weighted by atomic mass is 9.91. The first kappa shape index (κ1) is 15.1. The molecule has 0 radical (unpaired) electrons. The fourth-order valence-corrected chi connectivity index (χ4v) is 2.27. The fraction of sp³-hybridized carbons (Fsp3) is 0.278. The number of aryl methyl sites for hydroxylation is 1. The van der Waals surface area contributed by atoms with Crippen LogP contribution in [-0.2, 0) is 11.2 Å². The summed E-state index contributed by atoms with van der Waals surface area (Å²) < 4.78 is 5.39. The standard InChI is InChI=1S/C18H20O3/c1-3-21-16-10-6-14(7-11-16)12-17(18(19)20)15-8-4-13(2)5-9-15/h4-11,17H,3,12H2,1-2H3,(H,19,20). The first-order valence-corrected chi connectivity index (χ1v) is 7.11. The Labute approximate surface area is 125 Å². The molecule has 0 amide bonds. The maximum Gasteiger partial charge on any atom is 0.311 e. The Balaban J connectivity index is 2.16. The number of carbonyl (C=O) groups is 1. The van der Waals surface area contributed by atoms with E-state index in [9.17, 15) is 9.90 Å². The lowest BCUT2D eigenvalue weighted by molar-refractivity contribution is -0.138. The minimum atomic E-state index is -0.798. The number of hydrogen-bond acceptors (Lipinski definition) is 2. The molecule has 0 bridgehead atoms. The van der Waals surface area contributed by atoms with Crippen molar-refractivity contribution in [3.63, 3.8) is 0 Å². The SMILES string of the molecule is CCOc1ccc(CC(C(=O)O)c2ccc(C)cc2)cc1. The van der Waals surface area contributed by atoms with E-state index in [1.165, 1.54) is 0 Å². The van der Waals surface area contributed by atoms with E-state index in [1.54, 1.807) is 0 Å². The first-order valence-electron chi connectivity index (χ1n) is 7.11. The zero-order valence-electron chi connectivity index (χ0n) is 12.4. The molecule has 0 aliphatic carbocycles. The van der Waals surface area contributed by atoms with Crippen LogP contribution in [0.5, 0.6) is 5.75 Å². The molecule has 1 atom stereocenters. The lowest BCUT2D eigenvalue weighted by Crippen LogP contribution is -2.14. The number of hydrogen-bond donors (Lipinski definition) is 1. The zero-order valence-corrected chi connectivity index (χ0v) is 12.4. The van der Waals surface area contributed by atoms with Gasteiger partial charge in [-0.2, -0.15) is 0 Å². The van der Waals surface area contributed by atoms with Crippen molar-refractivity contribution in [1.29, 1.82) is 0 Å². The quantitative estimate of drug-likeness (QED) is 0.877. The maximum atomic E-state index is 11.5. The van der Waals surface area contributed by atoms with Crippen molar-refractivity contribution in [2.24, 2.45) is 0 Å².